The lowest BCUT2D eigenvalue weighted by Crippen LogP contribution is -2.60. The Labute approximate surface area is 247 Å². The number of ether oxygens (including phenoxy) is 2. The van der Waals surface area contributed by atoms with Crippen molar-refractivity contribution in [3.05, 3.63) is 36.0 Å². The Morgan fingerprint density at radius 2 is 1.83 bits per heavy atom. The van der Waals surface area contributed by atoms with Crippen LogP contribution in [0.5, 0.6) is 0 Å². The lowest BCUT2D eigenvalue weighted by molar-refractivity contribution is -0.313. The molecule has 0 bridgehead atoms. The van der Waals surface area contributed by atoms with E-state index in [4.69, 9.17) is 9.47 Å². The first-order chi connectivity index (χ1) is 19.4. The maximum absolute atomic E-state index is 10.5. The van der Waals surface area contributed by atoms with Crippen LogP contribution in [-0.2, 0) is 9.47 Å². The molecule has 0 aromatic heterocycles. The summed E-state index contributed by atoms with van der Waals surface area (Å²) >= 11 is 0. The van der Waals surface area contributed by atoms with Crippen LogP contribution in [0.4, 0.5) is 0 Å². The van der Waals surface area contributed by atoms with Gasteiger partial charge in [-0.15, -0.1) is 0 Å². The SMILES string of the molecule is C=C(C)[C@@H](C=C[C@@H](C)[C@H]1CC[C@H]2[C@@H]3CC=C4C[C@@H](O[C@@H]5O[C@H](CO)[C@H](O)[C@H](O)[C@H]5O)CC[C@]4(C)[C@H]3CC[C@]12C)CC. The van der Waals surface area contributed by atoms with Crippen LogP contribution in [0, 0.1) is 46.3 Å². The number of aliphatic hydroxyl groups is 4. The fourth-order valence-electron chi connectivity index (χ4n) is 10.1. The van der Waals surface area contributed by atoms with Crippen molar-refractivity contribution < 1.29 is 29.9 Å². The fraction of sp³-hybridized carbons (Fsp3) is 0.829. The Morgan fingerprint density at radius 3 is 2.51 bits per heavy atom. The van der Waals surface area contributed by atoms with E-state index in [-0.39, 0.29) is 11.5 Å². The van der Waals surface area contributed by atoms with Gasteiger partial charge in [0.25, 0.3) is 0 Å². The molecular weight excluding hydrogens is 516 g/mol. The van der Waals surface area contributed by atoms with Gasteiger partial charge < -0.3 is 29.9 Å². The predicted octanol–water partition coefficient (Wildman–Crippen LogP) is 5.55. The van der Waals surface area contributed by atoms with E-state index >= 15 is 0 Å². The summed E-state index contributed by atoms with van der Waals surface area (Å²) < 4.78 is 11.9. The normalized spacial score (nSPS) is 47.7. The van der Waals surface area contributed by atoms with Gasteiger partial charge in [0.05, 0.1) is 12.7 Å². The molecule has 0 unspecified atom stereocenters. The van der Waals surface area contributed by atoms with Crippen molar-refractivity contribution >= 4 is 0 Å². The van der Waals surface area contributed by atoms with E-state index in [0.717, 1.165) is 49.9 Å². The molecule has 0 radical (unpaired) electrons. The Kier molecular flexibility index (Phi) is 9.32. The van der Waals surface area contributed by atoms with Gasteiger partial charge in [-0.1, -0.05) is 63.6 Å². The summed E-state index contributed by atoms with van der Waals surface area (Å²) in [5.74, 6) is 4.04. The lowest BCUT2D eigenvalue weighted by atomic mass is 9.47. The van der Waals surface area contributed by atoms with Gasteiger partial charge in [0, 0.05) is 0 Å². The van der Waals surface area contributed by atoms with Crippen LogP contribution in [0.15, 0.2) is 36.0 Å². The number of rotatable bonds is 8. The number of fused-ring (bicyclic) bond motifs is 5. The van der Waals surface area contributed by atoms with E-state index in [1.54, 1.807) is 0 Å². The standard InChI is InChI=1S/C35H56O6/c1-7-22(20(2)3)9-8-21(4)26-12-13-27-25-11-10-23-18-24(14-16-34(23,5)28(25)15-17-35(26,27)6)40-33-32(39)31(38)30(37)29(19-36)41-33/h8-10,21-22,24-33,36-39H,2,7,11-19H2,1,3-6H3/t21-,22-,24+,25+,26-,27+,28+,29-,30+,31+,32-,33-,34+,35-/m1/s1. The van der Waals surface area contributed by atoms with Crippen LogP contribution in [-0.4, -0.2) is 63.8 Å². The Hall–Kier alpha value is -1.02. The molecule has 6 nitrogen and oxygen atoms in total. The molecule has 14 atom stereocenters. The quantitative estimate of drug-likeness (QED) is 0.285. The molecule has 232 valence electrons. The Balaban J connectivity index is 1.26. The summed E-state index contributed by atoms with van der Waals surface area (Å²) in [5.41, 5.74) is 3.33. The minimum atomic E-state index is -1.40. The minimum Gasteiger partial charge on any atom is -0.394 e. The van der Waals surface area contributed by atoms with Gasteiger partial charge in [-0.2, -0.15) is 0 Å². The molecule has 3 saturated carbocycles. The van der Waals surface area contributed by atoms with Gasteiger partial charge in [0.1, 0.15) is 24.4 Å². The van der Waals surface area contributed by atoms with E-state index in [1.807, 2.05) is 0 Å². The summed E-state index contributed by atoms with van der Waals surface area (Å²) in [6, 6.07) is 0. The molecule has 0 aromatic rings. The summed E-state index contributed by atoms with van der Waals surface area (Å²) in [5, 5.41) is 40.4. The van der Waals surface area contributed by atoms with E-state index in [1.165, 1.54) is 36.8 Å². The van der Waals surface area contributed by atoms with Crippen LogP contribution < -0.4 is 0 Å². The third-order valence-electron chi connectivity index (χ3n) is 12.7. The molecule has 0 amide bonds. The first-order valence-corrected chi connectivity index (χ1v) is 16.4. The van der Waals surface area contributed by atoms with Crippen molar-refractivity contribution in [2.24, 2.45) is 46.3 Å². The van der Waals surface area contributed by atoms with Crippen molar-refractivity contribution in [1.82, 2.24) is 0 Å². The molecule has 4 aliphatic carbocycles. The van der Waals surface area contributed by atoms with Crippen molar-refractivity contribution in [2.75, 3.05) is 6.61 Å². The second-order valence-electron chi connectivity index (χ2n) is 14.8. The van der Waals surface area contributed by atoms with E-state index in [9.17, 15) is 20.4 Å². The second-order valence-corrected chi connectivity index (χ2v) is 14.8. The molecule has 41 heavy (non-hydrogen) atoms. The number of allylic oxidation sites excluding steroid dienone is 4. The number of hydrogen-bond acceptors (Lipinski definition) is 6. The molecular formula is C35H56O6. The first-order valence-electron chi connectivity index (χ1n) is 16.4. The molecule has 0 spiro atoms. The highest BCUT2D eigenvalue weighted by Gasteiger charge is 2.59. The van der Waals surface area contributed by atoms with Gasteiger partial charge in [-0.25, -0.2) is 0 Å². The topological polar surface area (TPSA) is 99.4 Å². The molecule has 1 heterocycles. The lowest BCUT2D eigenvalue weighted by Gasteiger charge is -2.58. The highest BCUT2D eigenvalue weighted by molar-refractivity contribution is 5.26. The second kappa shape index (κ2) is 12.2. The zero-order valence-corrected chi connectivity index (χ0v) is 26.0. The molecule has 5 aliphatic rings. The maximum atomic E-state index is 10.5. The fourth-order valence-corrected chi connectivity index (χ4v) is 10.1. The summed E-state index contributed by atoms with van der Waals surface area (Å²) in [6.45, 7) is 15.7. The summed E-state index contributed by atoms with van der Waals surface area (Å²) in [6.07, 6.45) is 11.5. The molecule has 4 fully saturated rings. The Bertz CT molecular complexity index is 1000. The highest BCUT2D eigenvalue weighted by Crippen LogP contribution is 2.67. The predicted molar refractivity (Wildman–Crippen MR) is 161 cm³/mol. The Morgan fingerprint density at radius 1 is 1.07 bits per heavy atom. The molecule has 1 aliphatic heterocycles. The monoisotopic (exact) mass is 572 g/mol. The van der Waals surface area contributed by atoms with Crippen molar-refractivity contribution in [2.45, 2.75) is 129 Å². The first kappa shape index (κ1) is 31.4. The average molecular weight is 573 g/mol. The van der Waals surface area contributed by atoms with Crippen molar-refractivity contribution in [3.63, 3.8) is 0 Å². The number of hydrogen-bond donors (Lipinski definition) is 4. The average Bonchev–Trinajstić information content (AvgIpc) is 3.30. The maximum Gasteiger partial charge on any atom is 0.186 e. The van der Waals surface area contributed by atoms with Crippen LogP contribution in [0.1, 0.15) is 92.4 Å². The van der Waals surface area contributed by atoms with Gasteiger partial charge >= 0.3 is 0 Å². The van der Waals surface area contributed by atoms with E-state index < -0.39 is 37.3 Å². The van der Waals surface area contributed by atoms with E-state index in [0.29, 0.717) is 23.2 Å². The van der Waals surface area contributed by atoms with Crippen LogP contribution in [0.3, 0.4) is 0 Å². The van der Waals surface area contributed by atoms with Crippen LogP contribution in [0.2, 0.25) is 0 Å². The van der Waals surface area contributed by atoms with Gasteiger partial charge in [0.15, 0.2) is 6.29 Å². The summed E-state index contributed by atoms with van der Waals surface area (Å²) in [7, 11) is 0. The third-order valence-corrected chi connectivity index (χ3v) is 12.7. The zero-order valence-electron chi connectivity index (χ0n) is 26.0. The van der Waals surface area contributed by atoms with Crippen molar-refractivity contribution in [1.29, 1.82) is 0 Å². The smallest absolute Gasteiger partial charge is 0.186 e. The van der Waals surface area contributed by atoms with Crippen molar-refractivity contribution in [3.8, 4) is 0 Å². The van der Waals surface area contributed by atoms with Gasteiger partial charge in [0.2, 0.25) is 0 Å². The third kappa shape index (κ3) is 5.55. The molecule has 5 rings (SSSR count). The molecule has 6 heteroatoms. The van der Waals surface area contributed by atoms with Gasteiger partial charge in [-0.3, -0.25) is 0 Å². The zero-order chi connectivity index (χ0) is 29.7. The van der Waals surface area contributed by atoms with Crippen LogP contribution >= 0.6 is 0 Å². The molecule has 4 N–H and O–H groups in total. The van der Waals surface area contributed by atoms with Gasteiger partial charge in [-0.05, 0) is 111 Å². The van der Waals surface area contributed by atoms with E-state index in [2.05, 4.69) is 59.4 Å². The molecule has 0 aromatic carbocycles. The summed E-state index contributed by atoms with van der Waals surface area (Å²) in [4.78, 5) is 0. The van der Waals surface area contributed by atoms with Crippen LogP contribution in [0.25, 0.3) is 0 Å². The minimum absolute atomic E-state index is 0.115. The molecule has 1 saturated heterocycles. The highest BCUT2D eigenvalue weighted by atomic mass is 16.7. The largest absolute Gasteiger partial charge is 0.394 e. The number of aliphatic hydroxyl groups excluding tert-OH is 4.